The summed E-state index contributed by atoms with van der Waals surface area (Å²) in [6, 6.07) is 13.4. The Balaban J connectivity index is 1.31. The first-order valence-corrected chi connectivity index (χ1v) is 11.2. The molecule has 0 unspecified atom stereocenters. The lowest BCUT2D eigenvalue weighted by atomic mass is 9.72. The van der Waals surface area contributed by atoms with Gasteiger partial charge in [-0.3, -0.25) is 4.79 Å². The summed E-state index contributed by atoms with van der Waals surface area (Å²) in [4.78, 5) is 27.0. The van der Waals surface area contributed by atoms with E-state index in [9.17, 15) is 4.79 Å². The van der Waals surface area contributed by atoms with Crippen LogP contribution in [0.15, 0.2) is 48.9 Å². The molecule has 1 aromatic heterocycles. The van der Waals surface area contributed by atoms with Gasteiger partial charge in [0.15, 0.2) is 0 Å². The van der Waals surface area contributed by atoms with Crippen LogP contribution in [0.5, 0.6) is 0 Å². The minimum atomic E-state index is -0.435. The zero-order valence-electron chi connectivity index (χ0n) is 17.4. The first kappa shape index (κ1) is 19.5. The highest BCUT2D eigenvalue weighted by molar-refractivity contribution is 5.88. The van der Waals surface area contributed by atoms with E-state index in [1.165, 1.54) is 12.8 Å². The molecule has 158 valence electrons. The molecule has 2 aromatic rings. The third-order valence-electron chi connectivity index (χ3n) is 7.00. The Morgan fingerprint density at radius 1 is 1.00 bits per heavy atom. The molecule has 3 aliphatic rings. The number of piperidine rings is 1. The van der Waals surface area contributed by atoms with Crippen molar-refractivity contribution in [2.75, 3.05) is 31.2 Å². The van der Waals surface area contributed by atoms with Crippen LogP contribution in [0.1, 0.15) is 44.1 Å². The zero-order valence-corrected chi connectivity index (χ0v) is 17.4. The summed E-state index contributed by atoms with van der Waals surface area (Å²) in [5, 5.41) is 0. The molecule has 2 aliphatic heterocycles. The maximum Gasteiger partial charge on any atom is 0.233 e. The molecule has 2 saturated heterocycles. The van der Waals surface area contributed by atoms with Crippen molar-refractivity contribution in [1.82, 2.24) is 14.9 Å². The van der Waals surface area contributed by atoms with Crippen molar-refractivity contribution in [1.29, 1.82) is 0 Å². The van der Waals surface area contributed by atoms with Crippen LogP contribution in [0.25, 0.3) is 0 Å². The van der Waals surface area contributed by atoms with E-state index in [-0.39, 0.29) is 5.91 Å². The molecule has 0 radical (unpaired) electrons. The molecule has 6 nitrogen and oxygen atoms in total. The summed E-state index contributed by atoms with van der Waals surface area (Å²) in [5.74, 6) is 1.32. The molecule has 0 spiro atoms. The van der Waals surface area contributed by atoms with Crippen LogP contribution in [0.4, 0.5) is 5.82 Å². The lowest BCUT2D eigenvalue weighted by Gasteiger charge is -2.44. The maximum absolute atomic E-state index is 13.8. The molecule has 1 amide bonds. The molecule has 0 atom stereocenters. The highest BCUT2D eigenvalue weighted by atomic mass is 16.5. The average molecular weight is 407 g/mol. The van der Waals surface area contributed by atoms with E-state index in [1.54, 1.807) is 6.33 Å². The van der Waals surface area contributed by atoms with Gasteiger partial charge >= 0.3 is 0 Å². The van der Waals surface area contributed by atoms with Crippen LogP contribution < -0.4 is 4.90 Å². The van der Waals surface area contributed by atoms with Crippen molar-refractivity contribution in [2.45, 2.75) is 56.0 Å². The second-order valence-electron chi connectivity index (χ2n) is 8.79. The van der Waals surface area contributed by atoms with Crippen LogP contribution in [-0.2, 0) is 14.9 Å². The molecule has 1 saturated carbocycles. The maximum atomic E-state index is 13.8. The summed E-state index contributed by atoms with van der Waals surface area (Å²) >= 11 is 0. The minimum Gasteiger partial charge on any atom is -0.381 e. The quantitative estimate of drug-likeness (QED) is 0.763. The lowest BCUT2D eigenvalue weighted by Crippen LogP contribution is -2.54. The molecule has 3 fully saturated rings. The van der Waals surface area contributed by atoms with Crippen LogP contribution in [-0.4, -0.2) is 59.2 Å². The van der Waals surface area contributed by atoms with Gasteiger partial charge in [-0.1, -0.05) is 30.3 Å². The fourth-order valence-electron chi connectivity index (χ4n) is 5.21. The summed E-state index contributed by atoms with van der Waals surface area (Å²) in [6.45, 7) is 2.93. The number of ether oxygens (including phenoxy) is 1. The van der Waals surface area contributed by atoms with Crippen molar-refractivity contribution in [3.63, 3.8) is 0 Å². The lowest BCUT2D eigenvalue weighted by molar-refractivity contribution is -0.142. The minimum absolute atomic E-state index is 0.287. The first-order chi connectivity index (χ1) is 14.8. The molecule has 1 aliphatic carbocycles. The second-order valence-corrected chi connectivity index (χ2v) is 8.79. The summed E-state index contributed by atoms with van der Waals surface area (Å²) in [5.41, 5.74) is 0.704. The van der Waals surface area contributed by atoms with Gasteiger partial charge < -0.3 is 14.5 Å². The predicted molar refractivity (Wildman–Crippen MR) is 115 cm³/mol. The summed E-state index contributed by atoms with van der Waals surface area (Å²) in [6.07, 6.45) is 9.46. The SMILES string of the molecule is O=C(N1CCC(N(c2ccncn2)C2CC2)CC1)C1(c2ccccc2)CCOCC1. The van der Waals surface area contributed by atoms with Crippen LogP contribution in [0, 0.1) is 0 Å². The third-order valence-corrected chi connectivity index (χ3v) is 7.00. The number of anilines is 1. The van der Waals surface area contributed by atoms with Gasteiger partial charge in [0.25, 0.3) is 0 Å². The van der Waals surface area contributed by atoms with E-state index in [4.69, 9.17) is 4.74 Å². The zero-order chi connectivity index (χ0) is 20.4. The van der Waals surface area contributed by atoms with Crippen molar-refractivity contribution >= 4 is 11.7 Å². The van der Waals surface area contributed by atoms with Gasteiger partial charge in [0.05, 0.1) is 5.41 Å². The van der Waals surface area contributed by atoms with Crippen LogP contribution >= 0.6 is 0 Å². The number of amides is 1. The van der Waals surface area contributed by atoms with Crippen LogP contribution in [0.2, 0.25) is 0 Å². The normalized spacial score (nSPS) is 21.9. The molecule has 6 heteroatoms. The molecule has 0 bridgehead atoms. The Hall–Kier alpha value is -2.47. The molecular formula is C24H30N4O2. The molecule has 1 aromatic carbocycles. The summed E-state index contributed by atoms with van der Waals surface area (Å²) in [7, 11) is 0. The third kappa shape index (κ3) is 3.69. The Morgan fingerprint density at radius 3 is 2.33 bits per heavy atom. The molecular weight excluding hydrogens is 376 g/mol. The van der Waals surface area contributed by atoms with Crippen molar-refractivity contribution in [3.05, 3.63) is 54.5 Å². The Bertz CT molecular complexity index is 842. The largest absolute Gasteiger partial charge is 0.381 e. The molecule has 30 heavy (non-hydrogen) atoms. The monoisotopic (exact) mass is 406 g/mol. The predicted octanol–water partition coefficient (Wildman–Crippen LogP) is 3.18. The number of benzene rings is 1. The Kier molecular flexibility index (Phi) is 5.42. The Morgan fingerprint density at radius 2 is 1.70 bits per heavy atom. The number of aromatic nitrogens is 2. The second kappa shape index (κ2) is 8.34. The average Bonchev–Trinajstić information content (AvgIpc) is 3.66. The summed E-state index contributed by atoms with van der Waals surface area (Å²) < 4.78 is 5.63. The highest BCUT2D eigenvalue weighted by Gasteiger charge is 2.45. The number of carbonyl (C=O) groups excluding carboxylic acids is 1. The van der Waals surface area contributed by atoms with E-state index >= 15 is 0 Å². The number of hydrogen-bond donors (Lipinski definition) is 0. The number of carbonyl (C=O) groups is 1. The van der Waals surface area contributed by atoms with Gasteiger partial charge in [-0.2, -0.15) is 0 Å². The topological polar surface area (TPSA) is 58.6 Å². The fraction of sp³-hybridized carbons (Fsp3) is 0.542. The van der Waals surface area contributed by atoms with Gasteiger partial charge in [-0.25, -0.2) is 9.97 Å². The van der Waals surface area contributed by atoms with Crippen LogP contribution in [0.3, 0.4) is 0 Å². The highest BCUT2D eigenvalue weighted by Crippen LogP contribution is 2.39. The van der Waals surface area contributed by atoms with E-state index in [0.29, 0.717) is 25.3 Å². The number of rotatable bonds is 5. The van der Waals surface area contributed by atoms with Crippen molar-refractivity contribution in [2.24, 2.45) is 0 Å². The van der Waals surface area contributed by atoms with Gasteiger partial charge in [-0.15, -0.1) is 0 Å². The Labute approximate surface area is 178 Å². The smallest absolute Gasteiger partial charge is 0.233 e. The van der Waals surface area contributed by atoms with Gasteiger partial charge in [-0.05, 0) is 50.2 Å². The number of nitrogens with zero attached hydrogens (tertiary/aromatic N) is 4. The van der Waals surface area contributed by atoms with Gasteiger partial charge in [0.1, 0.15) is 12.1 Å². The number of likely N-dealkylation sites (tertiary alicyclic amines) is 1. The number of hydrogen-bond acceptors (Lipinski definition) is 5. The van der Waals surface area contributed by atoms with E-state index in [2.05, 4.69) is 31.9 Å². The molecule has 3 heterocycles. The molecule has 5 rings (SSSR count). The van der Waals surface area contributed by atoms with Gasteiger partial charge in [0, 0.05) is 44.6 Å². The molecule has 0 N–H and O–H groups in total. The van der Waals surface area contributed by atoms with Crippen molar-refractivity contribution < 1.29 is 9.53 Å². The van der Waals surface area contributed by atoms with Crippen molar-refractivity contribution in [3.8, 4) is 0 Å². The standard InChI is InChI=1S/C24H30N4O2/c29-23(24(11-16-30-17-12-24)19-4-2-1-3-5-19)27-14-9-21(10-15-27)28(20-6-7-20)22-8-13-25-18-26-22/h1-5,8,13,18,20-21H,6-7,9-12,14-17H2. The van der Waals surface area contributed by atoms with E-state index in [0.717, 1.165) is 50.2 Å². The van der Waals surface area contributed by atoms with Gasteiger partial charge in [0.2, 0.25) is 5.91 Å². The van der Waals surface area contributed by atoms with E-state index in [1.807, 2.05) is 30.5 Å². The van der Waals surface area contributed by atoms with E-state index < -0.39 is 5.41 Å². The first-order valence-electron chi connectivity index (χ1n) is 11.2. The fourth-order valence-corrected chi connectivity index (χ4v) is 5.21.